The average Bonchev–Trinajstić information content (AvgIpc) is 2.37. The summed E-state index contributed by atoms with van der Waals surface area (Å²) in [4.78, 5) is 7.23. The van der Waals surface area contributed by atoms with Crippen LogP contribution in [-0.2, 0) is 10.0 Å². The number of aromatic amines is 1. The lowest BCUT2D eigenvalue weighted by Gasteiger charge is -1.84. The van der Waals surface area contributed by atoms with Gasteiger partial charge in [-0.2, -0.15) is 4.98 Å². The van der Waals surface area contributed by atoms with E-state index in [0.717, 1.165) is 11.5 Å². The van der Waals surface area contributed by atoms with Crippen LogP contribution in [0, 0.1) is 0 Å². The lowest BCUT2D eigenvalue weighted by molar-refractivity contribution is 0.591. The number of hydrogen-bond acceptors (Lipinski definition) is 6. The van der Waals surface area contributed by atoms with Crippen molar-refractivity contribution < 1.29 is 8.42 Å². The van der Waals surface area contributed by atoms with E-state index in [1.54, 1.807) is 0 Å². The van der Waals surface area contributed by atoms with E-state index in [1.165, 1.54) is 0 Å². The molecule has 0 saturated heterocycles. The first-order valence-electron chi connectivity index (χ1n) is 2.77. The van der Waals surface area contributed by atoms with Crippen LogP contribution in [0.2, 0.25) is 0 Å². The van der Waals surface area contributed by atoms with Crippen molar-refractivity contribution in [2.75, 3.05) is 0 Å². The number of primary sulfonamides is 1. The molecule has 7 nitrogen and oxygen atoms in total. The van der Waals surface area contributed by atoms with Crippen LogP contribution in [0.1, 0.15) is 0 Å². The van der Waals surface area contributed by atoms with Gasteiger partial charge in [-0.05, 0) is 11.5 Å². The van der Waals surface area contributed by atoms with Crippen LogP contribution in [0.4, 0.5) is 0 Å². The van der Waals surface area contributed by atoms with E-state index in [-0.39, 0.29) is 11.0 Å². The standard InChI is InChI=1S/C3H3N5O2S2/c4-12(9,10)3-5-1-2(6-3)11-8-7-1/h8H,(H2,4,9,10). The van der Waals surface area contributed by atoms with Crippen LogP contribution in [0.15, 0.2) is 5.16 Å². The highest BCUT2D eigenvalue weighted by Gasteiger charge is 2.20. The second-order valence-corrected chi connectivity index (χ2v) is 4.21. The lowest BCUT2D eigenvalue weighted by Crippen LogP contribution is -2.13. The Morgan fingerprint density at radius 1 is 1.42 bits per heavy atom. The number of hydrogen-bond donors (Lipinski definition) is 2. The number of nitrogens with two attached hydrogens (primary N) is 1. The molecule has 0 fully saturated rings. The minimum absolute atomic E-state index is 0.268. The molecule has 0 aromatic heterocycles. The van der Waals surface area contributed by atoms with E-state index in [2.05, 4.69) is 19.6 Å². The van der Waals surface area contributed by atoms with Crippen molar-refractivity contribution in [3.05, 3.63) is 0 Å². The normalized spacial score (nSPS) is 12.4. The number of nitrogens with zero attached hydrogens (tertiary/aromatic N) is 3. The summed E-state index contributed by atoms with van der Waals surface area (Å²) in [6, 6.07) is 0. The molecular formula is C3H3N5O2S2. The Morgan fingerprint density at radius 2 is 2.17 bits per heavy atom. The highest BCUT2D eigenvalue weighted by atomic mass is 32.2. The van der Waals surface area contributed by atoms with Crippen molar-refractivity contribution in [1.82, 2.24) is 19.6 Å². The molecule has 0 unspecified atom stereocenters. The predicted octanol–water partition coefficient (Wildman–Crippen LogP) is -0.987. The molecule has 0 aromatic carbocycles. The van der Waals surface area contributed by atoms with Gasteiger partial charge in [-0.15, -0.1) is 5.10 Å². The van der Waals surface area contributed by atoms with Crippen molar-refractivity contribution in [2.24, 2.45) is 5.14 Å². The van der Waals surface area contributed by atoms with Gasteiger partial charge in [0.2, 0.25) is 5.82 Å². The number of rotatable bonds is 1. The van der Waals surface area contributed by atoms with Crippen LogP contribution < -0.4 is 5.14 Å². The van der Waals surface area contributed by atoms with Gasteiger partial charge in [-0.25, -0.2) is 23.0 Å². The van der Waals surface area contributed by atoms with Crippen LogP contribution >= 0.6 is 11.5 Å². The van der Waals surface area contributed by atoms with E-state index >= 15 is 0 Å². The van der Waals surface area contributed by atoms with Crippen molar-refractivity contribution in [3.63, 3.8) is 0 Å². The number of fused-ring (bicyclic) bond motifs is 1. The number of imidazole rings is 1. The van der Waals surface area contributed by atoms with Gasteiger partial charge >= 0.3 is 0 Å². The molecule has 12 heavy (non-hydrogen) atoms. The fourth-order valence-electron chi connectivity index (χ4n) is 0.678. The summed E-state index contributed by atoms with van der Waals surface area (Å²) >= 11 is 1.09. The highest BCUT2D eigenvalue weighted by molar-refractivity contribution is 7.89. The van der Waals surface area contributed by atoms with E-state index in [9.17, 15) is 8.42 Å². The number of aromatic nitrogens is 4. The summed E-state index contributed by atoms with van der Waals surface area (Å²) in [6.07, 6.45) is 0. The first-order chi connectivity index (χ1) is 5.57. The van der Waals surface area contributed by atoms with E-state index in [4.69, 9.17) is 5.14 Å². The second-order valence-electron chi connectivity index (χ2n) is 1.99. The van der Waals surface area contributed by atoms with Gasteiger partial charge in [-0.3, -0.25) is 0 Å². The zero-order valence-electron chi connectivity index (χ0n) is 5.55. The summed E-state index contributed by atoms with van der Waals surface area (Å²) in [7, 11) is -3.80. The molecule has 0 aliphatic carbocycles. The van der Waals surface area contributed by atoms with Crippen LogP contribution in [0.25, 0.3) is 10.8 Å². The first kappa shape index (κ1) is 7.58. The van der Waals surface area contributed by atoms with E-state index in [1.807, 2.05) is 0 Å². The average molecular weight is 205 g/mol. The minimum Gasteiger partial charge on any atom is -0.228 e. The van der Waals surface area contributed by atoms with Gasteiger partial charge in [0, 0.05) is 0 Å². The molecule has 0 radical (unpaired) electrons. The smallest absolute Gasteiger partial charge is 0.228 e. The van der Waals surface area contributed by atoms with Gasteiger partial charge in [-0.1, -0.05) is 0 Å². The molecule has 64 valence electrons. The van der Waals surface area contributed by atoms with Gasteiger partial charge in [0.15, 0.2) is 5.01 Å². The Morgan fingerprint density at radius 3 is 2.75 bits per heavy atom. The van der Waals surface area contributed by atoms with Gasteiger partial charge in [0.25, 0.3) is 15.2 Å². The summed E-state index contributed by atoms with van der Waals surface area (Å²) in [5.74, 6) is 0.268. The lowest BCUT2D eigenvalue weighted by atomic mass is 10.7. The SMILES string of the molecule is NS(=O)(=O)c1nc2n[nH]sc-2n1. The molecule has 0 aromatic rings. The third-order valence-corrected chi connectivity index (χ3v) is 2.48. The van der Waals surface area contributed by atoms with Gasteiger partial charge < -0.3 is 0 Å². The summed E-state index contributed by atoms with van der Waals surface area (Å²) in [5, 5.41) is 8.49. The van der Waals surface area contributed by atoms with E-state index in [0.29, 0.717) is 5.01 Å². The number of H-pyrrole nitrogens is 1. The van der Waals surface area contributed by atoms with Crippen molar-refractivity contribution in [3.8, 4) is 10.8 Å². The van der Waals surface area contributed by atoms with Gasteiger partial charge in [0.1, 0.15) is 0 Å². The van der Waals surface area contributed by atoms with Crippen LogP contribution in [0.3, 0.4) is 0 Å². The third kappa shape index (κ3) is 1.07. The monoisotopic (exact) mass is 205 g/mol. The Balaban J connectivity index is 2.68. The first-order valence-corrected chi connectivity index (χ1v) is 5.14. The Labute approximate surface area is 71.2 Å². The molecule has 2 aliphatic rings. The molecule has 0 saturated carbocycles. The largest absolute Gasteiger partial charge is 0.273 e. The zero-order valence-corrected chi connectivity index (χ0v) is 7.18. The molecule has 2 aliphatic heterocycles. The van der Waals surface area contributed by atoms with Crippen LogP contribution in [-0.4, -0.2) is 28.0 Å². The molecule has 0 spiro atoms. The molecular weight excluding hydrogens is 202 g/mol. The third-order valence-electron chi connectivity index (χ3n) is 1.14. The Hall–Kier alpha value is -1.06. The molecule has 0 amide bonds. The molecule has 2 heterocycles. The maximum atomic E-state index is 10.7. The van der Waals surface area contributed by atoms with Gasteiger partial charge in [0.05, 0.1) is 0 Å². The second kappa shape index (κ2) is 2.21. The quantitative estimate of drug-likeness (QED) is 0.620. The minimum atomic E-state index is -3.80. The molecule has 0 atom stereocenters. The fraction of sp³-hybridized carbons (Fsp3) is 0. The summed E-state index contributed by atoms with van der Waals surface area (Å²) in [5.41, 5.74) is 0. The topological polar surface area (TPSA) is 115 Å². The summed E-state index contributed by atoms with van der Waals surface area (Å²) < 4.78 is 24.0. The predicted molar refractivity (Wildman–Crippen MR) is 40.0 cm³/mol. The maximum Gasteiger partial charge on any atom is 0.273 e. The Bertz CT molecular complexity index is 443. The molecule has 2 rings (SSSR count). The van der Waals surface area contributed by atoms with E-state index < -0.39 is 10.0 Å². The number of nitrogens with one attached hydrogen (secondary N) is 1. The Kier molecular flexibility index (Phi) is 1.40. The number of sulfonamides is 1. The highest BCUT2D eigenvalue weighted by Crippen LogP contribution is 2.20. The molecule has 3 N–H and O–H groups in total. The fourth-order valence-corrected chi connectivity index (χ4v) is 1.70. The van der Waals surface area contributed by atoms with Crippen molar-refractivity contribution in [2.45, 2.75) is 5.16 Å². The van der Waals surface area contributed by atoms with Crippen molar-refractivity contribution in [1.29, 1.82) is 0 Å². The van der Waals surface area contributed by atoms with Crippen molar-refractivity contribution >= 4 is 21.6 Å². The summed E-state index contributed by atoms with van der Waals surface area (Å²) in [6.45, 7) is 0. The maximum absolute atomic E-state index is 10.7. The zero-order chi connectivity index (χ0) is 8.77. The molecule has 9 heteroatoms. The molecule has 0 bridgehead atoms. The van der Waals surface area contributed by atoms with Crippen LogP contribution in [0.5, 0.6) is 0 Å².